The molecule has 1 aromatic carbocycles. The first-order valence-electron chi connectivity index (χ1n) is 9.54. The van der Waals surface area contributed by atoms with Crippen LogP contribution in [0.25, 0.3) is 10.9 Å². The Labute approximate surface area is 158 Å². The molecule has 0 bridgehead atoms. The van der Waals surface area contributed by atoms with Gasteiger partial charge < -0.3 is 14.8 Å². The van der Waals surface area contributed by atoms with Crippen molar-refractivity contribution >= 4 is 28.6 Å². The van der Waals surface area contributed by atoms with Crippen LogP contribution in [0.1, 0.15) is 46.0 Å². The van der Waals surface area contributed by atoms with Crippen molar-refractivity contribution in [2.75, 3.05) is 5.32 Å². The van der Waals surface area contributed by atoms with Crippen molar-refractivity contribution in [1.82, 2.24) is 9.78 Å². The van der Waals surface area contributed by atoms with Gasteiger partial charge in [-0.3, -0.25) is 14.3 Å². The number of fused-ring (bicyclic) bond motifs is 1. The van der Waals surface area contributed by atoms with Crippen LogP contribution in [0.5, 0.6) is 5.75 Å². The molecule has 1 atom stereocenters. The number of amides is 1. The van der Waals surface area contributed by atoms with E-state index in [1.807, 2.05) is 39.1 Å². The van der Waals surface area contributed by atoms with Crippen LogP contribution in [0.4, 0.5) is 5.82 Å². The van der Waals surface area contributed by atoms with E-state index in [2.05, 4.69) is 10.4 Å². The van der Waals surface area contributed by atoms with Crippen LogP contribution >= 0.6 is 0 Å². The Morgan fingerprint density at radius 3 is 2.81 bits per heavy atom. The van der Waals surface area contributed by atoms with Crippen molar-refractivity contribution in [3.05, 3.63) is 18.2 Å². The predicted molar refractivity (Wildman–Crippen MR) is 101 cm³/mol. The summed E-state index contributed by atoms with van der Waals surface area (Å²) in [5.74, 6) is 0.343. The van der Waals surface area contributed by atoms with Crippen molar-refractivity contribution in [3.63, 3.8) is 0 Å². The van der Waals surface area contributed by atoms with Gasteiger partial charge in [-0.15, -0.1) is 0 Å². The van der Waals surface area contributed by atoms with Gasteiger partial charge in [0.05, 0.1) is 24.0 Å². The number of carbonyl (C=O) groups is 2. The fourth-order valence-corrected chi connectivity index (χ4v) is 4.33. The minimum atomic E-state index is -0.621. The highest BCUT2D eigenvalue weighted by Crippen LogP contribution is 2.46. The number of benzene rings is 1. The van der Waals surface area contributed by atoms with Gasteiger partial charge >= 0.3 is 5.97 Å². The second-order valence-corrected chi connectivity index (χ2v) is 7.81. The first-order valence-corrected chi connectivity index (χ1v) is 9.54. The Bertz CT molecular complexity index is 896. The third-order valence-electron chi connectivity index (χ3n) is 5.53. The zero-order valence-corrected chi connectivity index (χ0v) is 15.9. The fraction of sp³-hybridized carbons (Fsp3) is 0.550. The van der Waals surface area contributed by atoms with Gasteiger partial charge in [-0.2, -0.15) is 5.10 Å². The largest absolute Gasteiger partial charge is 0.491 e. The molecule has 2 aliphatic rings. The Morgan fingerprint density at radius 1 is 1.37 bits per heavy atom. The summed E-state index contributed by atoms with van der Waals surface area (Å²) in [6.07, 6.45) is 3.72. The Balaban J connectivity index is 1.60. The molecule has 0 radical (unpaired) electrons. The predicted octanol–water partition coefficient (Wildman–Crippen LogP) is 3.17. The van der Waals surface area contributed by atoms with Gasteiger partial charge in [-0.1, -0.05) is 0 Å². The summed E-state index contributed by atoms with van der Waals surface area (Å²) in [6.45, 7) is 3.95. The lowest BCUT2D eigenvalue weighted by Gasteiger charge is -2.27. The average molecular weight is 371 g/mol. The van der Waals surface area contributed by atoms with E-state index in [1.54, 1.807) is 4.68 Å². The van der Waals surface area contributed by atoms with Gasteiger partial charge in [0.25, 0.3) is 0 Å². The Morgan fingerprint density at radius 2 is 2.11 bits per heavy atom. The third-order valence-corrected chi connectivity index (χ3v) is 5.53. The topological polar surface area (TPSA) is 82.4 Å². The highest BCUT2D eigenvalue weighted by Gasteiger charge is 2.54. The number of aryl methyl sites for hydroxylation is 1. The van der Waals surface area contributed by atoms with Gasteiger partial charge in [-0.05, 0) is 51.7 Å². The quantitative estimate of drug-likeness (QED) is 0.835. The lowest BCUT2D eigenvalue weighted by atomic mass is 9.85. The summed E-state index contributed by atoms with van der Waals surface area (Å²) in [5.41, 5.74) is 0.252. The third kappa shape index (κ3) is 3.15. The number of aromatic nitrogens is 2. The van der Waals surface area contributed by atoms with Crippen molar-refractivity contribution in [2.45, 2.75) is 57.7 Å². The van der Waals surface area contributed by atoms with Gasteiger partial charge in [0.1, 0.15) is 11.4 Å². The van der Waals surface area contributed by atoms with Crippen LogP contribution in [0, 0.1) is 5.92 Å². The summed E-state index contributed by atoms with van der Waals surface area (Å²) >= 11 is 0. The fourth-order valence-electron chi connectivity index (χ4n) is 4.33. The smallest absolute Gasteiger partial charge is 0.307 e. The average Bonchev–Trinajstić information content (AvgIpc) is 3.27. The maximum Gasteiger partial charge on any atom is 0.307 e. The molecule has 1 amide bonds. The molecule has 1 aliphatic carbocycles. The van der Waals surface area contributed by atoms with Gasteiger partial charge in [0.15, 0.2) is 5.82 Å². The number of carbonyl (C=O) groups excluding carboxylic acids is 2. The number of hydrogen-bond donors (Lipinski definition) is 1. The minimum Gasteiger partial charge on any atom is -0.491 e. The van der Waals surface area contributed by atoms with Crippen LogP contribution in [0.3, 0.4) is 0 Å². The Kier molecular flexibility index (Phi) is 4.32. The maximum absolute atomic E-state index is 13.0. The standard InChI is InChI=1S/C20H25N3O4/c1-12(2)26-13-6-7-14-16(10-13)23(3)22-18(14)21-19(25)15-11-17(24)27-20(15)8-4-5-9-20/h6-7,10,12,15H,4-5,8-9,11H2,1-3H3,(H,21,22,25)/t15-/m1/s1. The number of esters is 1. The molecule has 27 heavy (non-hydrogen) atoms. The molecule has 7 heteroatoms. The van der Waals surface area contributed by atoms with Crippen LogP contribution in [0.15, 0.2) is 18.2 Å². The lowest BCUT2D eigenvalue weighted by molar-refractivity contribution is -0.149. The molecule has 1 spiro atoms. The van der Waals surface area contributed by atoms with Gasteiger partial charge in [-0.25, -0.2) is 0 Å². The second kappa shape index (κ2) is 6.55. The van der Waals surface area contributed by atoms with Crippen LogP contribution < -0.4 is 10.1 Å². The van der Waals surface area contributed by atoms with Crippen LogP contribution in [-0.2, 0) is 21.4 Å². The monoisotopic (exact) mass is 371 g/mol. The molecule has 2 heterocycles. The molecule has 2 aromatic rings. The number of anilines is 1. The molecule has 7 nitrogen and oxygen atoms in total. The molecular formula is C20H25N3O4. The van der Waals surface area contributed by atoms with Crippen molar-refractivity contribution in [2.24, 2.45) is 13.0 Å². The van der Waals surface area contributed by atoms with E-state index in [-0.39, 0.29) is 24.4 Å². The van der Waals surface area contributed by atoms with Crippen molar-refractivity contribution < 1.29 is 19.1 Å². The first-order chi connectivity index (χ1) is 12.9. The number of nitrogens with one attached hydrogen (secondary N) is 1. The van der Waals surface area contributed by atoms with E-state index < -0.39 is 11.5 Å². The van der Waals surface area contributed by atoms with E-state index >= 15 is 0 Å². The second-order valence-electron chi connectivity index (χ2n) is 7.81. The summed E-state index contributed by atoms with van der Waals surface area (Å²) in [5, 5.41) is 8.24. The molecule has 4 rings (SSSR count). The van der Waals surface area contributed by atoms with E-state index in [9.17, 15) is 9.59 Å². The molecular weight excluding hydrogens is 346 g/mol. The highest BCUT2D eigenvalue weighted by molar-refractivity contribution is 6.02. The highest BCUT2D eigenvalue weighted by atomic mass is 16.6. The van der Waals surface area contributed by atoms with Crippen LogP contribution in [0.2, 0.25) is 0 Å². The zero-order valence-electron chi connectivity index (χ0n) is 15.9. The van der Waals surface area contributed by atoms with E-state index in [1.165, 1.54) is 0 Å². The zero-order chi connectivity index (χ0) is 19.2. The molecule has 0 unspecified atom stereocenters. The summed E-state index contributed by atoms with van der Waals surface area (Å²) in [7, 11) is 1.83. The van der Waals surface area contributed by atoms with Gasteiger partial charge in [0.2, 0.25) is 5.91 Å². The summed E-state index contributed by atoms with van der Waals surface area (Å²) < 4.78 is 13.0. The molecule has 1 N–H and O–H groups in total. The van der Waals surface area contributed by atoms with Crippen LogP contribution in [-0.4, -0.2) is 33.4 Å². The van der Waals surface area contributed by atoms with Crippen molar-refractivity contribution in [1.29, 1.82) is 0 Å². The van der Waals surface area contributed by atoms with E-state index in [0.717, 1.165) is 42.3 Å². The first kappa shape index (κ1) is 17.8. The number of ether oxygens (including phenoxy) is 2. The SMILES string of the molecule is CC(C)Oc1ccc2c(NC(=O)[C@H]3CC(=O)OC34CCCC4)nn(C)c2c1. The minimum absolute atomic E-state index is 0.0809. The number of rotatable bonds is 4. The summed E-state index contributed by atoms with van der Waals surface area (Å²) in [6, 6.07) is 5.69. The van der Waals surface area contributed by atoms with Gasteiger partial charge in [0, 0.05) is 18.5 Å². The number of hydrogen-bond acceptors (Lipinski definition) is 5. The molecule has 144 valence electrons. The lowest BCUT2D eigenvalue weighted by Crippen LogP contribution is -2.39. The molecule has 1 saturated heterocycles. The normalized spacial score (nSPS) is 21.2. The molecule has 2 fully saturated rings. The molecule has 1 saturated carbocycles. The molecule has 1 aromatic heterocycles. The summed E-state index contributed by atoms with van der Waals surface area (Å²) in [4.78, 5) is 24.8. The van der Waals surface area contributed by atoms with Crippen molar-refractivity contribution in [3.8, 4) is 5.75 Å². The molecule has 1 aliphatic heterocycles. The number of nitrogens with zero attached hydrogens (tertiary/aromatic N) is 2. The van der Waals surface area contributed by atoms with E-state index in [4.69, 9.17) is 9.47 Å². The van der Waals surface area contributed by atoms with E-state index in [0.29, 0.717) is 5.82 Å². The maximum atomic E-state index is 13.0. The Hall–Kier alpha value is -2.57.